The van der Waals surface area contributed by atoms with Crippen LogP contribution in [0.2, 0.25) is 0 Å². The molecule has 2 aromatic carbocycles. The van der Waals surface area contributed by atoms with E-state index in [1.54, 1.807) is 6.08 Å². The number of aliphatic hydroxyl groups is 1. The molecule has 90 valence electrons. The summed E-state index contributed by atoms with van der Waals surface area (Å²) in [5.41, 5.74) is 0.750. The fraction of sp³-hybridized carbons (Fsp3) is 0.0714. The van der Waals surface area contributed by atoms with Gasteiger partial charge in [-0.15, -0.1) is 0 Å². The van der Waals surface area contributed by atoms with Gasteiger partial charge in [-0.1, -0.05) is 36.4 Å². The highest BCUT2D eigenvalue weighted by Gasteiger charge is 2.39. The second-order valence-corrected chi connectivity index (χ2v) is 4.14. The van der Waals surface area contributed by atoms with Crippen LogP contribution in [-0.4, -0.2) is 22.0 Å². The van der Waals surface area contributed by atoms with Gasteiger partial charge in [-0.25, -0.2) is 4.79 Å². The molecule has 0 fully saturated rings. The Morgan fingerprint density at radius 1 is 1.17 bits per heavy atom. The summed E-state index contributed by atoms with van der Waals surface area (Å²) in [6.45, 7) is 0. The molecule has 4 heteroatoms. The van der Waals surface area contributed by atoms with Crippen molar-refractivity contribution in [2.45, 2.75) is 5.79 Å². The SMILES string of the molecule is O=C(O)C1(O)C=Cc2ccc3ccccc3c2O1. The van der Waals surface area contributed by atoms with Crippen molar-refractivity contribution in [3.05, 3.63) is 48.0 Å². The predicted octanol–water partition coefficient (Wildman–Crippen LogP) is 2.02. The van der Waals surface area contributed by atoms with Crippen LogP contribution in [0.1, 0.15) is 5.56 Å². The summed E-state index contributed by atoms with van der Waals surface area (Å²) in [6, 6.07) is 11.2. The minimum Gasteiger partial charge on any atom is -0.476 e. The largest absolute Gasteiger partial charge is 0.476 e. The zero-order valence-electron chi connectivity index (χ0n) is 9.33. The van der Waals surface area contributed by atoms with E-state index in [1.165, 1.54) is 0 Å². The van der Waals surface area contributed by atoms with Crippen molar-refractivity contribution in [2.24, 2.45) is 0 Å². The smallest absolute Gasteiger partial charge is 0.381 e. The summed E-state index contributed by atoms with van der Waals surface area (Å²) in [5.74, 6) is -3.34. The van der Waals surface area contributed by atoms with Crippen LogP contribution >= 0.6 is 0 Å². The normalized spacial score (nSPS) is 21.4. The molecule has 0 bridgehead atoms. The van der Waals surface area contributed by atoms with Gasteiger partial charge in [0, 0.05) is 10.9 Å². The Balaban J connectivity index is 2.24. The number of carboxylic acid groups (broad SMARTS) is 1. The number of hydrogen-bond donors (Lipinski definition) is 2. The van der Waals surface area contributed by atoms with Gasteiger partial charge in [-0.2, -0.15) is 0 Å². The Morgan fingerprint density at radius 2 is 1.94 bits per heavy atom. The fourth-order valence-corrected chi connectivity index (χ4v) is 2.01. The van der Waals surface area contributed by atoms with E-state index in [0.29, 0.717) is 5.75 Å². The van der Waals surface area contributed by atoms with Gasteiger partial charge in [-0.3, -0.25) is 0 Å². The first kappa shape index (κ1) is 10.8. The molecule has 2 aromatic rings. The first-order chi connectivity index (χ1) is 8.60. The summed E-state index contributed by atoms with van der Waals surface area (Å²) >= 11 is 0. The van der Waals surface area contributed by atoms with E-state index >= 15 is 0 Å². The lowest BCUT2D eigenvalue weighted by molar-refractivity contribution is -0.179. The average Bonchev–Trinajstić information content (AvgIpc) is 2.38. The number of benzene rings is 2. The first-order valence-corrected chi connectivity index (χ1v) is 5.46. The number of hydrogen-bond acceptors (Lipinski definition) is 3. The second kappa shape index (κ2) is 3.58. The van der Waals surface area contributed by atoms with E-state index in [2.05, 4.69) is 0 Å². The van der Waals surface area contributed by atoms with E-state index in [9.17, 15) is 9.90 Å². The Kier molecular flexibility index (Phi) is 2.15. The maximum absolute atomic E-state index is 11.0. The zero-order valence-corrected chi connectivity index (χ0v) is 9.33. The molecule has 0 aliphatic carbocycles. The minimum absolute atomic E-state index is 0.389. The van der Waals surface area contributed by atoms with E-state index < -0.39 is 11.8 Å². The number of ether oxygens (including phenoxy) is 1. The van der Waals surface area contributed by atoms with Gasteiger partial charge in [0.25, 0.3) is 0 Å². The molecule has 1 heterocycles. The molecule has 0 saturated carbocycles. The topological polar surface area (TPSA) is 66.8 Å². The maximum atomic E-state index is 11.0. The quantitative estimate of drug-likeness (QED) is 0.802. The van der Waals surface area contributed by atoms with Crippen LogP contribution in [-0.2, 0) is 4.79 Å². The molecular weight excluding hydrogens is 232 g/mol. The minimum atomic E-state index is -2.29. The lowest BCUT2D eigenvalue weighted by Gasteiger charge is -2.26. The lowest BCUT2D eigenvalue weighted by Crippen LogP contribution is -2.43. The summed E-state index contributed by atoms with van der Waals surface area (Å²) in [5, 5.41) is 20.5. The van der Waals surface area contributed by atoms with Crippen LogP contribution in [0.5, 0.6) is 5.75 Å². The third kappa shape index (κ3) is 1.47. The Labute approximate surface area is 103 Å². The van der Waals surface area contributed by atoms with Crippen molar-refractivity contribution >= 4 is 22.8 Å². The van der Waals surface area contributed by atoms with Crippen LogP contribution in [0.3, 0.4) is 0 Å². The van der Waals surface area contributed by atoms with Crippen LogP contribution < -0.4 is 4.74 Å². The highest BCUT2D eigenvalue weighted by molar-refractivity contribution is 5.94. The highest BCUT2D eigenvalue weighted by Crippen LogP contribution is 2.36. The van der Waals surface area contributed by atoms with Gasteiger partial charge < -0.3 is 14.9 Å². The molecule has 0 radical (unpaired) electrons. The van der Waals surface area contributed by atoms with Gasteiger partial charge in [0.1, 0.15) is 5.75 Å². The number of rotatable bonds is 1. The molecule has 0 saturated heterocycles. The van der Waals surface area contributed by atoms with Gasteiger partial charge >= 0.3 is 11.8 Å². The molecule has 1 aliphatic heterocycles. The molecule has 2 N–H and O–H groups in total. The molecule has 0 aromatic heterocycles. The van der Waals surface area contributed by atoms with Gasteiger partial charge in [0.15, 0.2) is 0 Å². The Morgan fingerprint density at radius 3 is 2.72 bits per heavy atom. The highest BCUT2D eigenvalue weighted by atomic mass is 16.6. The third-order valence-electron chi connectivity index (χ3n) is 2.96. The van der Waals surface area contributed by atoms with Crippen LogP contribution in [0.4, 0.5) is 0 Å². The van der Waals surface area contributed by atoms with Crippen LogP contribution in [0.25, 0.3) is 16.8 Å². The van der Waals surface area contributed by atoms with Crippen molar-refractivity contribution in [3.63, 3.8) is 0 Å². The van der Waals surface area contributed by atoms with E-state index in [4.69, 9.17) is 9.84 Å². The third-order valence-corrected chi connectivity index (χ3v) is 2.96. The number of fused-ring (bicyclic) bond motifs is 3. The summed E-state index contributed by atoms with van der Waals surface area (Å²) in [4.78, 5) is 11.0. The lowest BCUT2D eigenvalue weighted by atomic mass is 10.0. The van der Waals surface area contributed by atoms with Crippen LogP contribution in [0.15, 0.2) is 42.5 Å². The van der Waals surface area contributed by atoms with Gasteiger partial charge in [0.05, 0.1) is 0 Å². The van der Waals surface area contributed by atoms with Crippen molar-refractivity contribution in [3.8, 4) is 5.75 Å². The van der Waals surface area contributed by atoms with E-state index in [0.717, 1.165) is 22.4 Å². The van der Waals surface area contributed by atoms with E-state index in [-0.39, 0.29) is 0 Å². The molecule has 0 spiro atoms. The van der Waals surface area contributed by atoms with Crippen molar-refractivity contribution in [1.82, 2.24) is 0 Å². The van der Waals surface area contributed by atoms with Crippen LogP contribution in [0, 0.1) is 0 Å². The number of aliphatic carboxylic acids is 1. The predicted molar refractivity (Wildman–Crippen MR) is 66.2 cm³/mol. The van der Waals surface area contributed by atoms with Crippen molar-refractivity contribution in [2.75, 3.05) is 0 Å². The fourth-order valence-electron chi connectivity index (χ4n) is 2.01. The molecule has 3 rings (SSSR count). The Hall–Kier alpha value is -2.33. The van der Waals surface area contributed by atoms with Crippen molar-refractivity contribution < 1.29 is 19.7 Å². The second-order valence-electron chi connectivity index (χ2n) is 4.14. The maximum Gasteiger partial charge on any atom is 0.381 e. The van der Waals surface area contributed by atoms with Gasteiger partial charge in [0.2, 0.25) is 0 Å². The monoisotopic (exact) mass is 242 g/mol. The molecule has 1 atom stereocenters. The van der Waals surface area contributed by atoms with E-state index in [1.807, 2.05) is 36.4 Å². The molecular formula is C14H10O4. The molecule has 1 unspecified atom stereocenters. The Bertz CT molecular complexity index is 675. The van der Waals surface area contributed by atoms with Gasteiger partial charge in [-0.05, 0) is 17.5 Å². The standard InChI is InChI=1S/C14H10O4/c15-13(16)14(17)8-7-10-6-5-9-3-1-2-4-11(9)12(10)18-14/h1-8,17H,(H,15,16). The summed E-state index contributed by atoms with van der Waals surface area (Å²) < 4.78 is 5.26. The average molecular weight is 242 g/mol. The molecule has 0 amide bonds. The zero-order chi connectivity index (χ0) is 12.8. The molecule has 1 aliphatic rings. The molecule has 18 heavy (non-hydrogen) atoms. The van der Waals surface area contributed by atoms with Crippen molar-refractivity contribution in [1.29, 1.82) is 0 Å². The number of carboxylic acids is 1. The molecule has 4 nitrogen and oxygen atoms in total. The number of carbonyl (C=O) groups is 1. The summed E-state index contributed by atoms with van der Waals surface area (Å²) in [6.07, 6.45) is 2.69. The first-order valence-electron chi connectivity index (χ1n) is 5.46. The summed E-state index contributed by atoms with van der Waals surface area (Å²) in [7, 11) is 0.